The number of pyridine rings is 1. The fourth-order valence-corrected chi connectivity index (χ4v) is 3.07. The molecule has 0 aliphatic carbocycles. The molecule has 154 valence electrons. The lowest BCUT2D eigenvalue weighted by Crippen LogP contribution is -2.46. The maximum absolute atomic E-state index is 4.65. The molecule has 0 saturated heterocycles. The van der Waals surface area contributed by atoms with Gasteiger partial charge in [0.15, 0.2) is 11.8 Å². The smallest absolute Gasteiger partial charge is 0.191 e. The largest absolute Gasteiger partial charge is 0.363 e. The molecule has 2 N–H and O–H groups in total. The van der Waals surface area contributed by atoms with E-state index in [4.69, 9.17) is 0 Å². The predicted molar refractivity (Wildman–Crippen MR) is 124 cm³/mol. The van der Waals surface area contributed by atoms with Gasteiger partial charge in [0.2, 0.25) is 0 Å². The number of aromatic nitrogens is 4. The van der Waals surface area contributed by atoms with Crippen LogP contribution in [0.1, 0.15) is 43.5 Å². The third-order valence-electron chi connectivity index (χ3n) is 4.64. The molecule has 0 radical (unpaired) electrons. The van der Waals surface area contributed by atoms with Crippen LogP contribution >= 0.6 is 24.0 Å². The standard InChI is InChI=1S/C19H30N8.HI/c1-13(2)18-24-17-10-9-15(12-27(17)25-18)23-19(20-3)21-11-14-7-6-8-16(22-14)26(4)5;/h6-8,13,15H,9-12H2,1-5H3,(H2,20,21,23);1H. The van der Waals surface area contributed by atoms with Gasteiger partial charge in [-0.3, -0.25) is 4.99 Å². The molecule has 1 aliphatic heterocycles. The van der Waals surface area contributed by atoms with Gasteiger partial charge in [-0.05, 0) is 18.6 Å². The summed E-state index contributed by atoms with van der Waals surface area (Å²) in [6.45, 7) is 5.69. The zero-order valence-corrected chi connectivity index (χ0v) is 19.6. The Labute approximate surface area is 184 Å². The zero-order valence-electron chi connectivity index (χ0n) is 17.3. The van der Waals surface area contributed by atoms with Crippen molar-refractivity contribution >= 4 is 35.8 Å². The second-order valence-electron chi connectivity index (χ2n) is 7.41. The van der Waals surface area contributed by atoms with Crippen molar-refractivity contribution in [2.45, 2.75) is 51.7 Å². The van der Waals surface area contributed by atoms with E-state index in [-0.39, 0.29) is 30.0 Å². The Hall–Kier alpha value is -1.91. The maximum Gasteiger partial charge on any atom is 0.191 e. The number of halogens is 1. The lowest BCUT2D eigenvalue weighted by Gasteiger charge is -2.25. The normalized spacial score (nSPS) is 16.4. The Kier molecular flexibility index (Phi) is 8.02. The first-order valence-corrected chi connectivity index (χ1v) is 9.50. The van der Waals surface area contributed by atoms with E-state index in [1.165, 1.54) is 0 Å². The molecule has 0 spiro atoms. The van der Waals surface area contributed by atoms with Gasteiger partial charge in [-0.25, -0.2) is 14.6 Å². The number of hydrogen-bond acceptors (Lipinski definition) is 5. The number of nitrogens with zero attached hydrogens (tertiary/aromatic N) is 6. The second kappa shape index (κ2) is 10.0. The van der Waals surface area contributed by atoms with Crippen LogP contribution in [0.25, 0.3) is 0 Å². The minimum absolute atomic E-state index is 0. The van der Waals surface area contributed by atoms with Gasteiger partial charge < -0.3 is 15.5 Å². The molecular weight excluding hydrogens is 467 g/mol. The molecular formula is C19H31IN8. The molecule has 3 rings (SSSR count). The van der Waals surface area contributed by atoms with Gasteiger partial charge in [-0.2, -0.15) is 5.10 Å². The van der Waals surface area contributed by atoms with Crippen LogP contribution < -0.4 is 15.5 Å². The van der Waals surface area contributed by atoms with Crippen molar-refractivity contribution in [3.05, 3.63) is 35.5 Å². The molecule has 1 aliphatic rings. The van der Waals surface area contributed by atoms with Gasteiger partial charge in [0.05, 0.1) is 18.8 Å². The van der Waals surface area contributed by atoms with Crippen molar-refractivity contribution in [3.8, 4) is 0 Å². The van der Waals surface area contributed by atoms with E-state index in [0.717, 1.165) is 48.5 Å². The summed E-state index contributed by atoms with van der Waals surface area (Å²) in [4.78, 5) is 15.6. The summed E-state index contributed by atoms with van der Waals surface area (Å²) < 4.78 is 2.03. The second-order valence-corrected chi connectivity index (χ2v) is 7.41. The van der Waals surface area contributed by atoms with Crippen LogP contribution in [-0.2, 0) is 19.5 Å². The number of nitrogens with one attached hydrogen (secondary N) is 2. The Morgan fingerprint density at radius 2 is 2.11 bits per heavy atom. The average molecular weight is 498 g/mol. The van der Waals surface area contributed by atoms with Crippen LogP contribution in [0.15, 0.2) is 23.2 Å². The highest BCUT2D eigenvalue weighted by atomic mass is 127. The van der Waals surface area contributed by atoms with Gasteiger partial charge in [-0.15, -0.1) is 24.0 Å². The number of aryl methyl sites for hydroxylation is 1. The quantitative estimate of drug-likeness (QED) is 0.374. The van der Waals surface area contributed by atoms with Crippen molar-refractivity contribution in [2.75, 3.05) is 26.0 Å². The molecule has 2 aromatic heterocycles. The first-order chi connectivity index (χ1) is 13.0. The summed E-state index contributed by atoms with van der Waals surface area (Å²) in [5, 5.41) is 11.5. The Morgan fingerprint density at radius 3 is 2.79 bits per heavy atom. The summed E-state index contributed by atoms with van der Waals surface area (Å²) in [7, 11) is 5.78. The summed E-state index contributed by atoms with van der Waals surface area (Å²) in [6, 6.07) is 6.32. The number of anilines is 1. The van der Waals surface area contributed by atoms with Crippen LogP contribution in [0.4, 0.5) is 5.82 Å². The van der Waals surface area contributed by atoms with Crippen LogP contribution in [0, 0.1) is 0 Å². The Morgan fingerprint density at radius 1 is 1.32 bits per heavy atom. The molecule has 28 heavy (non-hydrogen) atoms. The lowest BCUT2D eigenvalue weighted by molar-refractivity contribution is 0.391. The van der Waals surface area contributed by atoms with Crippen LogP contribution in [0.2, 0.25) is 0 Å². The van der Waals surface area contributed by atoms with Gasteiger partial charge in [0, 0.05) is 39.5 Å². The minimum Gasteiger partial charge on any atom is -0.363 e. The minimum atomic E-state index is 0. The first kappa shape index (κ1) is 22.4. The number of rotatable bonds is 5. The van der Waals surface area contributed by atoms with Crippen LogP contribution in [-0.4, -0.2) is 52.9 Å². The molecule has 0 saturated carbocycles. The van der Waals surface area contributed by atoms with E-state index in [9.17, 15) is 0 Å². The van der Waals surface area contributed by atoms with E-state index < -0.39 is 0 Å². The van der Waals surface area contributed by atoms with E-state index in [1.54, 1.807) is 7.05 Å². The molecule has 2 aromatic rings. The Bertz CT molecular complexity index is 799. The molecule has 9 heteroatoms. The molecule has 0 amide bonds. The van der Waals surface area contributed by atoms with Crippen molar-refractivity contribution in [1.29, 1.82) is 0 Å². The monoisotopic (exact) mass is 498 g/mol. The Balaban J connectivity index is 0.00000280. The van der Waals surface area contributed by atoms with Gasteiger partial charge in [-0.1, -0.05) is 19.9 Å². The van der Waals surface area contributed by atoms with Crippen LogP contribution in [0.5, 0.6) is 0 Å². The number of hydrogen-bond donors (Lipinski definition) is 2. The van der Waals surface area contributed by atoms with Crippen molar-refractivity contribution in [1.82, 2.24) is 30.4 Å². The number of fused-ring (bicyclic) bond motifs is 1. The third-order valence-corrected chi connectivity index (χ3v) is 4.64. The fourth-order valence-electron chi connectivity index (χ4n) is 3.07. The molecule has 8 nitrogen and oxygen atoms in total. The maximum atomic E-state index is 4.65. The number of guanidine groups is 1. The summed E-state index contributed by atoms with van der Waals surface area (Å²) in [5.41, 5.74) is 0.980. The van der Waals surface area contributed by atoms with Crippen molar-refractivity contribution in [3.63, 3.8) is 0 Å². The predicted octanol–water partition coefficient (Wildman–Crippen LogP) is 2.16. The third kappa shape index (κ3) is 5.55. The van der Waals surface area contributed by atoms with Gasteiger partial charge in [0.25, 0.3) is 0 Å². The highest BCUT2D eigenvalue weighted by Gasteiger charge is 2.23. The average Bonchev–Trinajstić information content (AvgIpc) is 3.09. The summed E-state index contributed by atoms with van der Waals surface area (Å²) in [6.07, 6.45) is 1.95. The zero-order chi connectivity index (χ0) is 19.4. The fraction of sp³-hybridized carbons (Fsp3) is 0.579. The molecule has 3 heterocycles. The summed E-state index contributed by atoms with van der Waals surface area (Å²) >= 11 is 0. The van der Waals surface area contributed by atoms with E-state index in [2.05, 4.69) is 44.5 Å². The SMILES string of the molecule is CN=C(NCc1cccc(N(C)C)n1)NC1CCc2nc(C(C)C)nn2C1.I. The molecule has 0 bridgehead atoms. The molecule has 1 atom stereocenters. The summed E-state index contributed by atoms with van der Waals surface area (Å²) in [5.74, 6) is 4.10. The molecule has 0 fully saturated rings. The highest BCUT2D eigenvalue weighted by Crippen LogP contribution is 2.17. The molecule has 0 aromatic carbocycles. The van der Waals surface area contributed by atoms with E-state index in [0.29, 0.717) is 12.5 Å². The van der Waals surface area contributed by atoms with E-state index in [1.807, 2.05) is 41.9 Å². The van der Waals surface area contributed by atoms with E-state index >= 15 is 0 Å². The lowest BCUT2D eigenvalue weighted by atomic mass is 10.1. The highest BCUT2D eigenvalue weighted by molar-refractivity contribution is 14.0. The first-order valence-electron chi connectivity index (χ1n) is 9.50. The van der Waals surface area contributed by atoms with Crippen molar-refractivity contribution < 1.29 is 0 Å². The van der Waals surface area contributed by atoms with Crippen LogP contribution in [0.3, 0.4) is 0 Å². The topological polar surface area (TPSA) is 83.3 Å². The van der Waals surface area contributed by atoms with Gasteiger partial charge >= 0.3 is 0 Å². The molecule has 1 unspecified atom stereocenters. The van der Waals surface area contributed by atoms with Crippen molar-refractivity contribution in [2.24, 2.45) is 4.99 Å². The number of aliphatic imine (C=N–C) groups is 1. The van der Waals surface area contributed by atoms with Gasteiger partial charge in [0.1, 0.15) is 11.6 Å².